The van der Waals surface area contributed by atoms with Crippen LogP contribution in [0.25, 0.3) is 0 Å². The van der Waals surface area contributed by atoms with Gasteiger partial charge in [-0.15, -0.1) is 0 Å². The fourth-order valence-corrected chi connectivity index (χ4v) is 2.11. The molecule has 2 rings (SSSR count). The average Bonchev–Trinajstić information content (AvgIpc) is 3.13. The van der Waals surface area contributed by atoms with E-state index < -0.39 is 0 Å². The van der Waals surface area contributed by atoms with Crippen molar-refractivity contribution in [3.8, 4) is 5.75 Å². The largest absolute Gasteiger partial charge is 0.493 e. The molecule has 18 heavy (non-hydrogen) atoms. The molecule has 0 amide bonds. The first kappa shape index (κ1) is 13.4. The van der Waals surface area contributed by atoms with Gasteiger partial charge >= 0.3 is 0 Å². The molecule has 1 N–H and O–H groups in total. The van der Waals surface area contributed by atoms with Gasteiger partial charge < -0.3 is 10.1 Å². The second-order valence-electron chi connectivity index (χ2n) is 5.68. The summed E-state index contributed by atoms with van der Waals surface area (Å²) in [5.41, 5.74) is 2.52. The van der Waals surface area contributed by atoms with Gasteiger partial charge in [-0.1, -0.05) is 44.9 Å². The first-order valence-corrected chi connectivity index (χ1v) is 7.11. The van der Waals surface area contributed by atoms with Crippen molar-refractivity contribution in [2.75, 3.05) is 6.61 Å². The molecule has 0 unspecified atom stereocenters. The Hall–Kier alpha value is -1.02. The van der Waals surface area contributed by atoms with E-state index in [-0.39, 0.29) is 0 Å². The molecular weight excluding hydrogens is 222 g/mol. The summed E-state index contributed by atoms with van der Waals surface area (Å²) >= 11 is 0. The molecule has 0 aliphatic heterocycles. The van der Waals surface area contributed by atoms with Crippen LogP contribution in [-0.2, 0) is 6.54 Å². The number of hydrogen-bond acceptors (Lipinski definition) is 2. The lowest BCUT2D eigenvalue weighted by Gasteiger charge is -2.15. The standard InChI is InChI=1S/C16H25NO/c1-12(2)17-11-15-6-4-5-13(3)16(15)18-10-9-14-7-8-14/h4-6,12,14,17H,7-11H2,1-3H3. The van der Waals surface area contributed by atoms with Crippen molar-refractivity contribution < 1.29 is 4.74 Å². The van der Waals surface area contributed by atoms with Gasteiger partial charge in [-0.05, 0) is 24.8 Å². The minimum absolute atomic E-state index is 0.504. The summed E-state index contributed by atoms with van der Waals surface area (Å²) in [6.45, 7) is 8.22. The fraction of sp³-hybridized carbons (Fsp3) is 0.625. The summed E-state index contributed by atoms with van der Waals surface area (Å²) in [6, 6.07) is 6.91. The fourth-order valence-electron chi connectivity index (χ4n) is 2.11. The Morgan fingerprint density at radius 1 is 1.33 bits per heavy atom. The number of nitrogens with one attached hydrogen (secondary N) is 1. The maximum Gasteiger partial charge on any atom is 0.126 e. The molecule has 1 aromatic carbocycles. The molecule has 1 aliphatic rings. The van der Waals surface area contributed by atoms with Crippen LogP contribution in [0.15, 0.2) is 18.2 Å². The summed E-state index contributed by atoms with van der Waals surface area (Å²) in [5, 5.41) is 3.46. The molecule has 0 aromatic heterocycles. The first-order chi connectivity index (χ1) is 8.66. The smallest absolute Gasteiger partial charge is 0.126 e. The van der Waals surface area contributed by atoms with E-state index >= 15 is 0 Å². The maximum atomic E-state index is 6.01. The first-order valence-electron chi connectivity index (χ1n) is 7.11. The number of hydrogen-bond donors (Lipinski definition) is 1. The third-order valence-corrected chi connectivity index (χ3v) is 3.46. The second-order valence-corrected chi connectivity index (χ2v) is 5.68. The Balaban J connectivity index is 1.95. The average molecular weight is 247 g/mol. The van der Waals surface area contributed by atoms with Crippen LogP contribution in [0.1, 0.15) is 44.2 Å². The number of ether oxygens (including phenoxy) is 1. The van der Waals surface area contributed by atoms with Crippen molar-refractivity contribution in [2.24, 2.45) is 5.92 Å². The Bertz CT molecular complexity index is 383. The van der Waals surface area contributed by atoms with E-state index in [0.717, 1.165) is 24.8 Å². The molecule has 0 radical (unpaired) electrons. The lowest BCUT2D eigenvalue weighted by atomic mass is 10.1. The topological polar surface area (TPSA) is 21.3 Å². The number of benzene rings is 1. The van der Waals surface area contributed by atoms with Crippen molar-refractivity contribution in [3.63, 3.8) is 0 Å². The molecule has 0 atom stereocenters. The quantitative estimate of drug-likeness (QED) is 0.793. The molecule has 1 aliphatic carbocycles. The second kappa shape index (κ2) is 6.24. The minimum atomic E-state index is 0.504. The summed E-state index contributed by atoms with van der Waals surface area (Å²) in [5.74, 6) is 2.03. The van der Waals surface area contributed by atoms with Gasteiger partial charge in [-0.25, -0.2) is 0 Å². The molecule has 0 spiro atoms. The Kier molecular flexibility index (Phi) is 4.65. The molecule has 2 heteroatoms. The number of para-hydroxylation sites is 1. The highest BCUT2D eigenvalue weighted by Crippen LogP contribution is 2.33. The number of aryl methyl sites for hydroxylation is 1. The van der Waals surface area contributed by atoms with E-state index in [1.807, 2.05) is 0 Å². The summed E-state index contributed by atoms with van der Waals surface area (Å²) in [7, 11) is 0. The number of rotatable bonds is 7. The van der Waals surface area contributed by atoms with Crippen molar-refractivity contribution in [2.45, 2.75) is 52.6 Å². The van der Waals surface area contributed by atoms with Gasteiger partial charge in [0.25, 0.3) is 0 Å². The molecule has 1 aromatic rings. The van der Waals surface area contributed by atoms with Gasteiger partial charge in [0, 0.05) is 18.2 Å². The highest BCUT2D eigenvalue weighted by Gasteiger charge is 2.21. The van der Waals surface area contributed by atoms with Crippen LogP contribution < -0.4 is 10.1 Å². The SMILES string of the molecule is Cc1cccc(CNC(C)C)c1OCCC1CC1. The van der Waals surface area contributed by atoms with Gasteiger partial charge in [-0.3, -0.25) is 0 Å². The van der Waals surface area contributed by atoms with Gasteiger partial charge in [0.05, 0.1) is 6.61 Å². The normalized spacial score (nSPS) is 15.1. The summed E-state index contributed by atoms with van der Waals surface area (Å²) in [6.07, 6.45) is 4.02. The highest BCUT2D eigenvalue weighted by atomic mass is 16.5. The van der Waals surface area contributed by atoms with Crippen molar-refractivity contribution in [1.29, 1.82) is 0 Å². The van der Waals surface area contributed by atoms with E-state index in [1.165, 1.54) is 30.4 Å². The summed E-state index contributed by atoms with van der Waals surface area (Å²) in [4.78, 5) is 0. The monoisotopic (exact) mass is 247 g/mol. The van der Waals surface area contributed by atoms with Crippen LogP contribution in [0.5, 0.6) is 5.75 Å². The highest BCUT2D eigenvalue weighted by molar-refractivity contribution is 5.40. The molecule has 1 saturated carbocycles. The zero-order valence-corrected chi connectivity index (χ0v) is 11.8. The minimum Gasteiger partial charge on any atom is -0.493 e. The van der Waals surface area contributed by atoms with Crippen molar-refractivity contribution in [1.82, 2.24) is 5.32 Å². The van der Waals surface area contributed by atoms with Crippen LogP contribution in [0.3, 0.4) is 0 Å². The van der Waals surface area contributed by atoms with Crippen molar-refractivity contribution >= 4 is 0 Å². The Morgan fingerprint density at radius 3 is 2.78 bits per heavy atom. The zero-order valence-electron chi connectivity index (χ0n) is 11.8. The molecule has 0 bridgehead atoms. The molecule has 1 fully saturated rings. The zero-order chi connectivity index (χ0) is 13.0. The van der Waals surface area contributed by atoms with E-state index in [0.29, 0.717) is 6.04 Å². The molecule has 100 valence electrons. The van der Waals surface area contributed by atoms with Crippen LogP contribution >= 0.6 is 0 Å². The lowest BCUT2D eigenvalue weighted by molar-refractivity contribution is 0.296. The molecule has 0 heterocycles. The molecule has 0 saturated heterocycles. The lowest BCUT2D eigenvalue weighted by Crippen LogP contribution is -2.22. The van der Waals surface area contributed by atoms with Gasteiger partial charge in [0.15, 0.2) is 0 Å². The Morgan fingerprint density at radius 2 is 2.11 bits per heavy atom. The van der Waals surface area contributed by atoms with Crippen LogP contribution in [-0.4, -0.2) is 12.6 Å². The van der Waals surface area contributed by atoms with Gasteiger partial charge in [0.2, 0.25) is 0 Å². The Labute approximate surface area is 111 Å². The third kappa shape index (κ3) is 4.02. The third-order valence-electron chi connectivity index (χ3n) is 3.46. The molecular formula is C16H25NO. The van der Waals surface area contributed by atoms with E-state index in [2.05, 4.69) is 44.3 Å². The predicted molar refractivity (Wildman–Crippen MR) is 76.0 cm³/mol. The van der Waals surface area contributed by atoms with Gasteiger partial charge in [0.1, 0.15) is 5.75 Å². The maximum absolute atomic E-state index is 6.01. The molecule has 2 nitrogen and oxygen atoms in total. The van der Waals surface area contributed by atoms with Crippen LogP contribution in [0, 0.1) is 12.8 Å². The van der Waals surface area contributed by atoms with E-state index in [1.54, 1.807) is 0 Å². The summed E-state index contributed by atoms with van der Waals surface area (Å²) < 4.78 is 6.01. The predicted octanol–water partition coefficient (Wildman–Crippen LogP) is 3.67. The van der Waals surface area contributed by atoms with Crippen molar-refractivity contribution in [3.05, 3.63) is 29.3 Å². The van der Waals surface area contributed by atoms with Crippen LogP contribution in [0.2, 0.25) is 0 Å². The van der Waals surface area contributed by atoms with E-state index in [4.69, 9.17) is 4.74 Å². The van der Waals surface area contributed by atoms with Gasteiger partial charge in [-0.2, -0.15) is 0 Å². The van der Waals surface area contributed by atoms with E-state index in [9.17, 15) is 0 Å². The van der Waals surface area contributed by atoms with Crippen LogP contribution in [0.4, 0.5) is 0 Å².